The van der Waals surface area contributed by atoms with Crippen molar-refractivity contribution in [1.82, 2.24) is 45.3 Å². The number of rotatable bonds is 15. The van der Waals surface area contributed by atoms with Gasteiger partial charge < -0.3 is 45.2 Å². The van der Waals surface area contributed by atoms with E-state index in [4.69, 9.17) is 15.0 Å². The molecule has 4 aliphatic heterocycles. The number of hydrogen-bond acceptors (Lipinski definition) is 17. The van der Waals surface area contributed by atoms with E-state index in [0.29, 0.717) is 60.5 Å². The minimum absolute atomic E-state index is 0.0514. The number of amides is 2. The fourth-order valence-electron chi connectivity index (χ4n) is 10.9. The van der Waals surface area contributed by atoms with Gasteiger partial charge in [-0.2, -0.15) is 0 Å². The number of aromatic nitrogens is 5. The molecule has 2 amide bonds. The number of phenolic OH excluding ortho intramolecular Hbond substituents is 1. The molecule has 4 fully saturated rings. The molecule has 4 saturated heterocycles. The van der Waals surface area contributed by atoms with Crippen LogP contribution in [0.1, 0.15) is 74.7 Å². The third kappa shape index (κ3) is 11.0. The molecular weight excluding hydrogens is 957 g/mol. The second kappa shape index (κ2) is 22.2. The van der Waals surface area contributed by atoms with Gasteiger partial charge in [-0.3, -0.25) is 19.4 Å². The van der Waals surface area contributed by atoms with Crippen molar-refractivity contribution in [2.75, 3.05) is 81.0 Å². The fraction of sp³-hybridized carbons (Fsp3) is 0.436. The third-order valence-electron chi connectivity index (χ3n) is 14.9. The van der Waals surface area contributed by atoms with Gasteiger partial charge in [0.1, 0.15) is 30.0 Å². The number of benzene rings is 2. The summed E-state index contributed by atoms with van der Waals surface area (Å²) >= 11 is 1.59. The molecule has 2 aromatic carbocycles. The molecule has 6 aromatic rings. The van der Waals surface area contributed by atoms with E-state index in [1.165, 1.54) is 4.90 Å². The number of ether oxygens (including phenoxy) is 1. The molecule has 5 N–H and O–H groups in total. The number of anilines is 3. The van der Waals surface area contributed by atoms with Crippen molar-refractivity contribution in [3.63, 3.8) is 0 Å². The van der Waals surface area contributed by atoms with Gasteiger partial charge in [0.15, 0.2) is 11.6 Å². The first-order valence-corrected chi connectivity index (χ1v) is 26.5. The molecule has 18 nitrogen and oxygen atoms in total. The van der Waals surface area contributed by atoms with Crippen molar-refractivity contribution in [3.05, 3.63) is 107 Å². The maximum Gasteiger partial charge on any atom is 0.254 e. The number of aromatic hydroxyl groups is 1. The number of nitrogens with one attached hydrogen (secondary N) is 1. The number of nitrogen functional groups attached to an aromatic ring is 1. The number of piperazine rings is 2. The Morgan fingerprint density at radius 3 is 2.43 bits per heavy atom. The topological polar surface area (TPSA) is 216 Å². The Morgan fingerprint density at radius 1 is 0.946 bits per heavy atom. The van der Waals surface area contributed by atoms with Crippen LogP contribution >= 0.6 is 11.3 Å². The predicted molar refractivity (Wildman–Crippen MR) is 284 cm³/mol. The summed E-state index contributed by atoms with van der Waals surface area (Å²) in [7, 11) is 0. The molecule has 8 heterocycles. The summed E-state index contributed by atoms with van der Waals surface area (Å²) in [6.07, 6.45) is 3.31. The van der Waals surface area contributed by atoms with Gasteiger partial charge in [0, 0.05) is 94.4 Å². The lowest BCUT2D eigenvalue weighted by molar-refractivity contribution is -0.141. The molecule has 2 bridgehead atoms. The maximum absolute atomic E-state index is 14.2. The van der Waals surface area contributed by atoms with Crippen molar-refractivity contribution in [2.24, 2.45) is 5.92 Å². The highest BCUT2D eigenvalue weighted by Crippen LogP contribution is 2.40. The lowest BCUT2D eigenvalue weighted by atomic mass is 9.91. The summed E-state index contributed by atoms with van der Waals surface area (Å²) < 4.78 is 11.8. The molecule has 0 aliphatic carbocycles. The van der Waals surface area contributed by atoms with Crippen LogP contribution in [0.4, 0.5) is 17.2 Å². The molecule has 74 heavy (non-hydrogen) atoms. The molecule has 10 rings (SSSR count). The standard InChI is InChI=1S/C55H64N12O6S/c1-34(2)51(55(71)66-32-43(68)27-47(66)54(70)59-35(3)37-11-13-38(14-12-37)52-36(4)58-33-74-52)49-29-50(62-73-49)72-25-24-64-22-20-63(21-23-64)19-7-8-39-26-40(17-18-57-39)67-41-15-16-42(67)31-65(30-41)46-28-45(60-61-53(46)56)44-9-5-6-10-48(44)69/h5-6,9-14,17-18,26,28-29,33-35,41-43,47,51,68-69H,15-16,19-25,27,30-32H2,1-4H3,(H2,56,61)(H,59,70)/t35-,41?,42?,43+,47-,51+/m0/s1. The van der Waals surface area contributed by atoms with Crippen LogP contribution in [0.5, 0.6) is 11.6 Å². The second-order valence-corrected chi connectivity index (χ2v) is 21.0. The molecule has 386 valence electrons. The first-order valence-electron chi connectivity index (χ1n) is 25.6. The molecule has 6 atom stereocenters. The van der Waals surface area contributed by atoms with Crippen LogP contribution in [0.25, 0.3) is 21.7 Å². The van der Waals surface area contributed by atoms with E-state index < -0.39 is 18.1 Å². The summed E-state index contributed by atoms with van der Waals surface area (Å²) in [5.74, 6) is 6.38. The zero-order valence-electron chi connectivity index (χ0n) is 42.3. The Hall–Kier alpha value is -7.11. The monoisotopic (exact) mass is 1020 g/mol. The number of aliphatic hydroxyl groups is 1. The van der Waals surface area contributed by atoms with E-state index in [-0.39, 0.29) is 42.5 Å². The number of likely N-dealkylation sites (tertiary alicyclic amines) is 1. The van der Waals surface area contributed by atoms with Crippen LogP contribution in [0.2, 0.25) is 0 Å². The van der Waals surface area contributed by atoms with Crippen molar-refractivity contribution < 1.29 is 29.1 Å². The molecule has 0 spiro atoms. The molecule has 19 heteroatoms. The van der Waals surface area contributed by atoms with E-state index in [1.54, 1.807) is 29.5 Å². The number of carbonyl (C=O) groups is 2. The van der Waals surface area contributed by atoms with E-state index >= 15 is 0 Å². The summed E-state index contributed by atoms with van der Waals surface area (Å²) in [6, 6.07) is 22.4. The van der Waals surface area contributed by atoms with Crippen molar-refractivity contribution in [1.29, 1.82) is 0 Å². The molecular formula is C55H64N12O6S. The van der Waals surface area contributed by atoms with E-state index in [2.05, 4.69) is 74.2 Å². The van der Waals surface area contributed by atoms with Gasteiger partial charge in [-0.15, -0.1) is 21.5 Å². The first-order chi connectivity index (χ1) is 35.9. The predicted octanol–water partition coefficient (Wildman–Crippen LogP) is 5.73. The van der Waals surface area contributed by atoms with Gasteiger partial charge >= 0.3 is 0 Å². The number of para-hydroxylation sites is 1. The number of fused-ring (bicyclic) bond motifs is 2. The average molecular weight is 1020 g/mol. The summed E-state index contributed by atoms with van der Waals surface area (Å²) in [5.41, 5.74) is 15.1. The number of hydrogen-bond donors (Lipinski definition) is 4. The van der Waals surface area contributed by atoms with Gasteiger partial charge in [-0.05, 0) is 85.1 Å². The first kappa shape index (κ1) is 50.4. The molecule has 0 saturated carbocycles. The van der Waals surface area contributed by atoms with Gasteiger partial charge in [-0.25, -0.2) is 9.97 Å². The summed E-state index contributed by atoms with van der Waals surface area (Å²) in [5, 5.41) is 37.0. The number of aliphatic hydroxyl groups excluding tert-OH is 1. The normalized spacial score (nSPS) is 20.9. The minimum atomic E-state index is -0.831. The van der Waals surface area contributed by atoms with Crippen LogP contribution < -0.4 is 25.6 Å². The Kier molecular flexibility index (Phi) is 15.1. The Balaban J connectivity index is 0.672. The van der Waals surface area contributed by atoms with Crippen LogP contribution in [0, 0.1) is 24.7 Å². The summed E-state index contributed by atoms with van der Waals surface area (Å²) in [6.45, 7) is 14.6. The maximum atomic E-state index is 14.2. The van der Waals surface area contributed by atoms with E-state index in [1.807, 2.05) is 81.9 Å². The number of phenols is 1. The van der Waals surface area contributed by atoms with E-state index in [0.717, 1.165) is 90.9 Å². The Bertz CT molecular complexity index is 2990. The number of thiazole rings is 1. The zero-order valence-corrected chi connectivity index (χ0v) is 43.1. The smallest absolute Gasteiger partial charge is 0.254 e. The lowest BCUT2D eigenvalue weighted by Crippen LogP contribution is -2.54. The number of β-amino-alcohol motifs (C(OH)–C–C–N with tert-alkyl or cyclic N) is 1. The lowest BCUT2D eigenvalue weighted by Gasteiger charge is -2.43. The van der Waals surface area contributed by atoms with Crippen molar-refractivity contribution in [2.45, 2.75) is 83.1 Å². The molecule has 2 unspecified atom stereocenters. The van der Waals surface area contributed by atoms with Gasteiger partial charge in [0.25, 0.3) is 5.88 Å². The van der Waals surface area contributed by atoms with Crippen LogP contribution in [0.3, 0.4) is 0 Å². The average Bonchev–Trinajstić information content (AvgIpc) is 4.20. The minimum Gasteiger partial charge on any atom is -0.507 e. The SMILES string of the molecule is Cc1ncsc1-c1ccc([C@H](C)NC(=O)[C@@H]2C[C@@H](O)CN2C(=O)[C@@H](c2cc(OCCN3CCN(CC#Cc4cc(N5C6CCC5CN(c5cc(-c7ccccc7O)nnc5N)C6)ccn4)CC3)no2)C(C)C)cc1. The highest BCUT2D eigenvalue weighted by Gasteiger charge is 2.44. The number of carbonyl (C=O) groups excluding carboxylic acids is 2. The van der Waals surface area contributed by atoms with Crippen molar-refractivity contribution in [3.8, 4) is 45.2 Å². The largest absolute Gasteiger partial charge is 0.507 e. The zero-order chi connectivity index (χ0) is 51.5. The number of pyridine rings is 1. The molecule has 4 aliphatic rings. The van der Waals surface area contributed by atoms with Gasteiger partial charge in [-0.1, -0.05) is 56.2 Å². The quantitative estimate of drug-likeness (QED) is 0.0904. The molecule has 4 aromatic heterocycles. The number of nitrogens with zero attached hydrogens (tertiary/aromatic N) is 10. The van der Waals surface area contributed by atoms with Crippen LogP contribution in [-0.2, 0) is 9.59 Å². The fourth-order valence-corrected chi connectivity index (χ4v) is 11.7. The Morgan fingerprint density at radius 2 is 1.70 bits per heavy atom. The third-order valence-corrected chi connectivity index (χ3v) is 15.9. The van der Waals surface area contributed by atoms with Crippen molar-refractivity contribution >= 4 is 40.3 Å². The molecule has 0 radical (unpaired) electrons. The summed E-state index contributed by atoms with van der Waals surface area (Å²) in [4.78, 5) is 49.0. The van der Waals surface area contributed by atoms with E-state index in [9.17, 15) is 19.8 Å². The van der Waals surface area contributed by atoms with Gasteiger partial charge in [0.05, 0.1) is 46.2 Å². The van der Waals surface area contributed by atoms with Gasteiger partial charge in [0.2, 0.25) is 11.8 Å². The Labute approximate surface area is 435 Å². The highest BCUT2D eigenvalue weighted by molar-refractivity contribution is 7.13. The number of aryl methyl sites for hydroxylation is 1. The van der Waals surface area contributed by atoms with Crippen LogP contribution in [-0.4, -0.2) is 152 Å². The number of nitrogens with two attached hydrogens (primary N) is 1. The highest BCUT2D eigenvalue weighted by atomic mass is 32.1. The van der Waals surface area contributed by atoms with Crippen LogP contribution in [0.15, 0.2) is 89.0 Å². The second-order valence-electron chi connectivity index (χ2n) is 20.2.